The topological polar surface area (TPSA) is 21.3 Å². The maximum atomic E-state index is 11.8. The molecule has 1 aromatic heterocycles. The van der Waals surface area contributed by atoms with Gasteiger partial charge < -0.3 is 10.1 Å². The summed E-state index contributed by atoms with van der Waals surface area (Å²) in [5.74, 6) is 0. The van der Waals surface area contributed by atoms with Gasteiger partial charge in [0, 0.05) is 17.5 Å². The van der Waals surface area contributed by atoms with Crippen molar-refractivity contribution in [1.82, 2.24) is 5.32 Å². The Labute approximate surface area is 103 Å². The molecule has 0 bridgehead atoms. The van der Waals surface area contributed by atoms with Gasteiger partial charge in [-0.15, -0.1) is 11.3 Å². The fourth-order valence-electron chi connectivity index (χ4n) is 1.28. The van der Waals surface area contributed by atoms with Crippen LogP contribution < -0.4 is 5.32 Å². The molecule has 0 saturated carbocycles. The Morgan fingerprint density at radius 3 is 2.76 bits per heavy atom. The average molecular weight is 267 g/mol. The molecule has 0 aliphatic heterocycles. The van der Waals surface area contributed by atoms with Crippen LogP contribution in [0.15, 0.2) is 17.5 Å². The Kier molecular flexibility index (Phi) is 5.94. The molecule has 0 fully saturated rings. The Balaban J connectivity index is 2.01. The van der Waals surface area contributed by atoms with Crippen LogP contribution >= 0.6 is 11.3 Å². The van der Waals surface area contributed by atoms with Crippen molar-refractivity contribution in [3.05, 3.63) is 22.4 Å². The van der Waals surface area contributed by atoms with Crippen LogP contribution in [0.2, 0.25) is 0 Å². The zero-order valence-electron chi connectivity index (χ0n) is 9.59. The first kappa shape index (κ1) is 14.5. The molecule has 0 saturated heterocycles. The first-order chi connectivity index (χ1) is 7.99. The van der Waals surface area contributed by atoms with Crippen molar-refractivity contribution in [2.24, 2.45) is 0 Å². The van der Waals surface area contributed by atoms with Gasteiger partial charge in [-0.3, -0.25) is 0 Å². The van der Waals surface area contributed by atoms with Gasteiger partial charge >= 0.3 is 6.18 Å². The van der Waals surface area contributed by atoms with E-state index in [2.05, 4.69) is 5.32 Å². The molecule has 98 valence electrons. The fourth-order valence-corrected chi connectivity index (χ4v) is 2.03. The lowest BCUT2D eigenvalue weighted by molar-refractivity contribution is -0.145. The monoisotopic (exact) mass is 267 g/mol. The Bertz CT molecular complexity index is 300. The molecule has 0 aliphatic carbocycles. The Morgan fingerprint density at radius 1 is 1.41 bits per heavy atom. The van der Waals surface area contributed by atoms with Crippen molar-refractivity contribution in [3.8, 4) is 0 Å². The number of thiophene rings is 1. The van der Waals surface area contributed by atoms with Gasteiger partial charge in [0.05, 0.1) is 19.6 Å². The maximum Gasteiger partial charge on any atom is 0.391 e. The van der Waals surface area contributed by atoms with Crippen LogP contribution in [0.25, 0.3) is 0 Å². The van der Waals surface area contributed by atoms with Gasteiger partial charge in [-0.2, -0.15) is 13.2 Å². The van der Waals surface area contributed by atoms with E-state index in [1.807, 2.05) is 24.4 Å². The summed E-state index contributed by atoms with van der Waals surface area (Å²) in [6, 6.07) is 4.20. The molecule has 0 amide bonds. The molecule has 6 heteroatoms. The molecular weight excluding hydrogens is 251 g/mol. The minimum absolute atomic E-state index is 0.209. The number of halogens is 3. The van der Waals surface area contributed by atoms with Crippen molar-refractivity contribution in [3.63, 3.8) is 0 Å². The van der Waals surface area contributed by atoms with Gasteiger partial charge in [0.15, 0.2) is 0 Å². The highest BCUT2D eigenvalue weighted by Crippen LogP contribution is 2.19. The molecule has 0 aromatic carbocycles. The van der Waals surface area contributed by atoms with E-state index in [9.17, 15) is 13.2 Å². The highest BCUT2D eigenvalue weighted by molar-refractivity contribution is 7.10. The average Bonchev–Trinajstić information content (AvgIpc) is 2.74. The van der Waals surface area contributed by atoms with E-state index in [-0.39, 0.29) is 12.6 Å². The van der Waals surface area contributed by atoms with Crippen LogP contribution in [0.5, 0.6) is 0 Å². The lowest BCUT2D eigenvalue weighted by atomic mass is 10.3. The molecule has 0 spiro atoms. The van der Waals surface area contributed by atoms with Crippen LogP contribution in [0.1, 0.15) is 24.3 Å². The van der Waals surface area contributed by atoms with E-state index in [4.69, 9.17) is 4.74 Å². The molecule has 1 rings (SSSR count). The summed E-state index contributed by atoms with van der Waals surface area (Å²) in [6.07, 6.45) is -5.01. The van der Waals surface area contributed by atoms with Crippen LogP contribution in [0, 0.1) is 0 Å². The van der Waals surface area contributed by atoms with Gasteiger partial charge in [0.2, 0.25) is 0 Å². The molecule has 0 aliphatic rings. The van der Waals surface area contributed by atoms with E-state index >= 15 is 0 Å². The molecule has 0 radical (unpaired) electrons. The number of nitrogens with one attached hydrogen (secondary N) is 1. The number of rotatable bonds is 7. The second kappa shape index (κ2) is 6.98. The Morgan fingerprint density at radius 2 is 2.18 bits per heavy atom. The van der Waals surface area contributed by atoms with Crippen molar-refractivity contribution in [1.29, 1.82) is 0 Å². The minimum Gasteiger partial charge on any atom is -0.380 e. The van der Waals surface area contributed by atoms with Crippen molar-refractivity contribution in [2.75, 3.05) is 19.8 Å². The second-order valence-electron chi connectivity index (χ2n) is 3.67. The molecule has 1 N–H and O–H groups in total. The SMILES string of the molecule is CC(NCCOCCC(F)(F)F)c1cccs1. The van der Waals surface area contributed by atoms with E-state index in [0.29, 0.717) is 13.2 Å². The molecule has 1 aromatic rings. The number of alkyl halides is 3. The van der Waals surface area contributed by atoms with Crippen LogP contribution in [0.4, 0.5) is 13.2 Å². The van der Waals surface area contributed by atoms with E-state index in [1.54, 1.807) is 11.3 Å². The van der Waals surface area contributed by atoms with E-state index in [1.165, 1.54) is 4.88 Å². The number of hydrogen-bond acceptors (Lipinski definition) is 3. The minimum atomic E-state index is -4.13. The normalized spacial score (nSPS) is 13.9. The first-order valence-corrected chi connectivity index (χ1v) is 6.28. The predicted molar refractivity (Wildman–Crippen MR) is 62.2 cm³/mol. The zero-order valence-corrected chi connectivity index (χ0v) is 10.4. The molecule has 1 atom stereocenters. The quantitative estimate of drug-likeness (QED) is 0.765. The molecule has 2 nitrogen and oxygen atoms in total. The zero-order chi connectivity index (χ0) is 12.7. The van der Waals surface area contributed by atoms with Crippen LogP contribution in [-0.4, -0.2) is 25.9 Å². The van der Waals surface area contributed by atoms with E-state index in [0.717, 1.165) is 0 Å². The summed E-state index contributed by atoms with van der Waals surface area (Å²) in [4.78, 5) is 1.21. The van der Waals surface area contributed by atoms with Crippen LogP contribution in [0.3, 0.4) is 0 Å². The van der Waals surface area contributed by atoms with Crippen molar-refractivity contribution < 1.29 is 17.9 Å². The molecule has 17 heavy (non-hydrogen) atoms. The summed E-state index contributed by atoms with van der Waals surface area (Å²) in [7, 11) is 0. The van der Waals surface area contributed by atoms with Gasteiger partial charge in [-0.25, -0.2) is 0 Å². The third-order valence-corrected chi connectivity index (χ3v) is 3.25. The summed E-state index contributed by atoms with van der Waals surface area (Å²) in [5, 5.41) is 5.18. The second-order valence-corrected chi connectivity index (χ2v) is 4.65. The summed E-state index contributed by atoms with van der Waals surface area (Å²) in [5.41, 5.74) is 0. The van der Waals surface area contributed by atoms with Crippen LogP contribution in [-0.2, 0) is 4.74 Å². The van der Waals surface area contributed by atoms with Crippen molar-refractivity contribution in [2.45, 2.75) is 25.6 Å². The third kappa shape index (κ3) is 6.65. The summed E-state index contributed by atoms with van der Waals surface area (Å²) >= 11 is 1.65. The highest BCUT2D eigenvalue weighted by Gasteiger charge is 2.26. The predicted octanol–water partition coefficient (Wildman–Crippen LogP) is 3.37. The highest BCUT2D eigenvalue weighted by atomic mass is 32.1. The van der Waals surface area contributed by atoms with Gasteiger partial charge in [0.1, 0.15) is 0 Å². The summed E-state index contributed by atoms with van der Waals surface area (Å²) < 4.78 is 40.3. The lowest BCUT2D eigenvalue weighted by Crippen LogP contribution is -2.23. The Hall–Kier alpha value is -0.590. The van der Waals surface area contributed by atoms with Gasteiger partial charge in [0.25, 0.3) is 0 Å². The van der Waals surface area contributed by atoms with Gasteiger partial charge in [-0.05, 0) is 18.4 Å². The fraction of sp³-hybridized carbons (Fsp3) is 0.636. The number of hydrogen-bond donors (Lipinski definition) is 1. The molecular formula is C11H16F3NOS. The van der Waals surface area contributed by atoms with Crippen molar-refractivity contribution >= 4 is 11.3 Å². The number of ether oxygens (including phenoxy) is 1. The standard InChI is InChI=1S/C11H16F3NOS/c1-9(10-3-2-8-17-10)15-5-7-16-6-4-11(12,13)14/h2-3,8-9,15H,4-7H2,1H3. The smallest absolute Gasteiger partial charge is 0.380 e. The largest absolute Gasteiger partial charge is 0.391 e. The molecule has 1 unspecified atom stereocenters. The maximum absolute atomic E-state index is 11.8. The molecule has 1 heterocycles. The first-order valence-electron chi connectivity index (χ1n) is 5.40. The summed E-state index contributed by atoms with van der Waals surface area (Å²) in [6.45, 7) is 2.60. The lowest BCUT2D eigenvalue weighted by Gasteiger charge is -2.12. The van der Waals surface area contributed by atoms with Gasteiger partial charge in [-0.1, -0.05) is 6.07 Å². The van der Waals surface area contributed by atoms with E-state index < -0.39 is 12.6 Å². The third-order valence-electron chi connectivity index (χ3n) is 2.20.